The highest BCUT2D eigenvalue weighted by molar-refractivity contribution is 5.94. The minimum atomic E-state index is -0.218. The number of amides is 1. The molecule has 1 unspecified atom stereocenters. The lowest BCUT2D eigenvalue weighted by Crippen LogP contribution is -2.40. The first-order valence-corrected chi connectivity index (χ1v) is 5.22. The highest BCUT2D eigenvalue weighted by atomic mass is 16.2. The van der Waals surface area contributed by atoms with E-state index in [-0.39, 0.29) is 11.4 Å². The second-order valence-corrected chi connectivity index (χ2v) is 4.50. The van der Waals surface area contributed by atoms with Crippen LogP contribution in [0.4, 0.5) is 0 Å². The van der Waals surface area contributed by atoms with Crippen LogP contribution in [0.25, 0.3) is 0 Å². The summed E-state index contributed by atoms with van der Waals surface area (Å²) in [7, 11) is 0. The summed E-state index contributed by atoms with van der Waals surface area (Å²) >= 11 is 0. The second-order valence-electron chi connectivity index (χ2n) is 4.50. The first-order chi connectivity index (χ1) is 7.08. The van der Waals surface area contributed by atoms with Gasteiger partial charge in [0.25, 0.3) is 5.91 Å². The lowest BCUT2D eigenvalue weighted by molar-refractivity contribution is 0.0785. The first kappa shape index (κ1) is 10.2. The van der Waals surface area contributed by atoms with Crippen LogP contribution in [0.2, 0.25) is 0 Å². The van der Waals surface area contributed by atoms with E-state index in [0.29, 0.717) is 6.54 Å². The Balaban J connectivity index is 2.11. The van der Waals surface area contributed by atoms with E-state index in [1.165, 1.54) is 0 Å². The van der Waals surface area contributed by atoms with Crippen molar-refractivity contribution in [3.63, 3.8) is 0 Å². The molecule has 1 aliphatic rings. The van der Waals surface area contributed by atoms with Crippen LogP contribution >= 0.6 is 0 Å². The molecular formula is C12H16N2O. The monoisotopic (exact) mass is 204 g/mol. The SMILES string of the molecule is CC1(N)CCN(C(=O)c2ccccc2)C1. The third-order valence-electron chi connectivity index (χ3n) is 2.81. The predicted molar refractivity (Wildman–Crippen MR) is 59.6 cm³/mol. The second kappa shape index (κ2) is 3.66. The Bertz CT molecular complexity index is 359. The van der Waals surface area contributed by atoms with Gasteiger partial charge in [-0.3, -0.25) is 4.79 Å². The molecule has 2 N–H and O–H groups in total. The fourth-order valence-corrected chi connectivity index (χ4v) is 1.92. The molecule has 1 atom stereocenters. The molecule has 80 valence electrons. The third-order valence-corrected chi connectivity index (χ3v) is 2.81. The summed E-state index contributed by atoms with van der Waals surface area (Å²) in [4.78, 5) is 13.8. The summed E-state index contributed by atoms with van der Waals surface area (Å²) in [5.74, 6) is 0.0878. The van der Waals surface area contributed by atoms with Crippen molar-refractivity contribution >= 4 is 5.91 Å². The van der Waals surface area contributed by atoms with Crippen LogP contribution in [0, 0.1) is 0 Å². The Morgan fingerprint density at radius 2 is 2.07 bits per heavy atom. The first-order valence-electron chi connectivity index (χ1n) is 5.22. The molecule has 0 spiro atoms. The Morgan fingerprint density at radius 3 is 2.60 bits per heavy atom. The summed E-state index contributed by atoms with van der Waals surface area (Å²) in [6.45, 7) is 3.41. The molecule has 1 saturated heterocycles. The number of nitrogens with zero attached hydrogens (tertiary/aromatic N) is 1. The minimum Gasteiger partial charge on any atom is -0.337 e. The van der Waals surface area contributed by atoms with Crippen molar-refractivity contribution in [3.05, 3.63) is 35.9 Å². The zero-order valence-electron chi connectivity index (χ0n) is 8.94. The number of likely N-dealkylation sites (tertiary alicyclic amines) is 1. The van der Waals surface area contributed by atoms with Crippen LogP contribution < -0.4 is 5.73 Å². The number of nitrogens with two attached hydrogens (primary N) is 1. The Labute approximate surface area is 89.9 Å². The van der Waals surface area contributed by atoms with Crippen LogP contribution in [0.5, 0.6) is 0 Å². The molecule has 3 nitrogen and oxygen atoms in total. The summed E-state index contributed by atoms with van der Waals surface area (Å²) in [6.07, 6.45) is 0.881. The van der Waals surface area contributed by atoms with Gasteiger partial charge < -0.3 is 10.6 Å². The smallest absolute Gasteiger partial charge is 0.253 e. The fraction of sp³-hybridized carbons (Fsp3) is 0.417. The average Bonchev–Trinajstić information content (AvgIpc) is 2.59. The van der Waals surface area contributed by atoms with Crippen molar-refractivity contribution in [2.75, 3.05) is 13.1 Å². The van der Waals surface area contributed by atoms with Gasteiger partial charge in [0.15, 0.2) is 0 Å². The highest BCUT2D eigenvalue weighted by Crippen LogP contribution is 2.19. The van der Waals surface area contributed by atoms with E-state index < -0.39 is 0 Å². The molecule has 1 aliphatic heterocycles. The van der Waals surface area contributed by atoms with Gasteiger partial charge in [0.1, 0.15) is 0 Å². The van der Waals surface area contributed by atoms with Crippen molar-refractivity contribution in [1.82, 2.24) is 4.90 Å². The predicted octanol–water partition coefficient (Wildman–Crippen LogP) is 1.25. The van der Waals surface area contributed by atoms with Gasteiger partial charge in [-0.15, -0.1) is 0 Å². The van der Waals surface area contributed by atoms with Crippen molar-refractivity contribution < 1.29 is 4.79 Å². The van der Waals surface area contributed by atoms with E-state index in [1.54, 1.807) is 0 Å². The van der Waals surface area contributed by atoms with Gasteiger partial charge in [-0.05, 0) is 25.5 Å². The molecule has 3 heteroatoms. The van der Waals surface area contributed by atoms with Gasteiger partial charge in [-0.1, -0.05) is 18.2 Å². The van der Waals surface area contributed by atoms with Crippen molar-refractivity contribution in [2.24, 2.45) is 5.73 Å². The molecule has 0 saturated carbocycles. The fourth-order valence-electron chi connectivity index (χ4n) is 1.92. The van der Waals surface area contributed by atoms with Gasteiger partial charge in [-0.25, -0.2) is 0 Å². The maximum absolute atomic E-state index is 12.0. The minimum absolute atomic E-state index is 0.0878. The summed E-state index contributed by atoms with van der Waals surface area (Å²) in [5, 5.41) is 0. The van der Waals surface area contributed by atoms with Crippen LogP contribution in [-0.4, -0.2) is 29.4 Å². The number of benzene rings is 1. The van der Waals surface area contributed by atoms with E-state index in [2.05, 4.69) is 0 Å². The quantitative estimate of drug-likeness (QED) is 0.748. The van der Waals surface area contributed by atoms with Crippen LogP contribution in [0.1, 0.15) is 23.7 Å². The maximum Gasteiger partial charge on any atom is 0.253 e. The standard InChI is InChI=1S/C12H16N2O/c1-12(13)7-8-14(9-12)11(15)10-5-3-2-4-6-10/h2-6H,7-9,13H2,1H3. The summed E-state index contributed by atoms with van der Waals surface area (Å²) in [6, 6.07) is 9.35. The van der Waals surface area contributed by atoms with Crippen LogP contribution in [-0.2, 0) is 0 Å². The molecule has 15 heavy (non-hydrogen) atoms. The van der Waals surface area contributed by atoms with E-state index in [4.69, 9.17) is 5.73 Å². The topological polar surface area (TPSA) is 46.3 Å². The molecule has 2 rings (SSSR count). The van der Waals surface area contributed by atoms with Gasteiger partial charge >= 0.3 is 0 Å². The van der Waals surface area contributed by atoms with Gasteiger partial charge in [0.2, 0.25) is 0 Å². The van der Waals surface area contributed by atoms with Crippen molar-refractivity contribution in [2.45, 2.75) is 18.9 Å². The molecular weight excluding hydrogens is 188 g/mol. The molecule has 0 aromatic heterocycles. The number of rotatable bonds is 1. The maximum atomic E-state index is 12.0. The lowest BCUT2D eigenvalue weighted by Gasteiger charge is -2.19. The number of carbonyl (C=O) groups is 1. The molecule has 1 aromatic carbocycles. The number of hydrogen-bond acceptors (Lipinski definition) is 2. The van der Waals surface area contributed by atoms with E-state index in [0.717, 1.165) is 18.5 Å². The number of hydrogen-bond donors (Lipinski definition) is 1. The van der Waals surface area contributed by atoms with E-state index in [1.807, 2.05) is 42.2 Å². The van der Waals surface area contributed by atoms with Gasteiger partial charge in [0, 0.05) is 24.2 Å². The molecule has 1 amide bonds. The van der Waals surface area contributed by atoms with E-state index in [9.17, 15) is 4.79 Å². The summed E-state index contributed by atoms with van der Waals surface area (Å²) in [5.41, 5.74) is 6.52. The van der Waals surface area contributed by atoms with Crippen LogP contribution in [0.15, 0.2) is 30.3 Å². The zero-order valence-corrected chi connectivity index (χ0v) is 8.94. The lowest BCUT2D eigenvalue weighted by atomic mass is 10.0. The van der Waals surface area contributed by atoms with Gasteiger partial charge in [-0.2, -0.15) is 0 Å². The van der Waals surface area contributed by atoms with Crippen molar-refractivity contribution in [1.29, 1.82) is 0 Å². The normalized spacial score (nSPS) is 25.6. The average molecular weight is 204 g/mol. The molecule has 1 fully saturated rings. The van der Waals surface area contributed by atoms with Crippen molar-refractivity contribution in [3.8, 4) is 0 Å². The molecule has 1 aromatic rings. The van der Waals surface area contributed by atoms with Gasteiger partial charge in [0.05, 0.1) is 0 Å². The van der Waals surface area contributed by atoms with E-state index >= 15 is 0 Å². The largest absolute Gasteiger partial charge is 0.337 e. The third kappa shape index (κ3) is 2.18. The zero-order chi connectivity index (χ0) is 10.9. The Morgan fingerprint density at radius 1 is 1.40 bits per heavy atom. The molecule has 1 heterocycles. The molecule has 0 bridgehead atoms. The molecule has 0 radical (unpaired) electrons. The number of carbonyl (C=O) groups excluding carboxylic acids is 1. The van der Waals surface area contributed by atoms with Crippen LogP contribution in [0.3, 0.4) is 0 Å². The highest BCUT2D eigenvalue weighted by Gasteiger charge is 2.32. The molecule has 0 aliphatic carbocycles. The Kier molecular flexibility index (Phi) is 2.49. The Hall–Kier alpha value is -1.35. The summed E-state index contributed by atoms with van der Waals surface area (Å²) < 4.78 is 0.